The summed E-state index contributed by atoms with van der Waals surface area (Å²) in [4.78, 5) is 12.1. The molecule has 0 saturated carbocycles. The van der Waals surface area contributed by atoms with Gasteiger partial charge >= 0.3 is 0 Å². The fourth-order valence-corrected chi connectivity index (χ4v) is 2.00. The molecule has 21 heavy (non-hydrogen) atoms. The van der Waals surface area contributed by atoms with Gasteiger partial charge in [0, 0.05) is 5.69 Å². The first-order valence-electron chi connectivity index (χ1n) is 7.22. The van der Waals surface area contributed by atoms with Gasteiger partial charge in [0.1, 0.15) is 5.75 Å². The Morgan fingerprint density at radius 1 is 1.14 bits per heavy atom. The minimum Gasteiger partial charge on any atom is -0.481 e. The zero-order valence-corrected chi connectivity index (χ0v) is 12.7. The van der Waals surface area contributed by atoms with E-state index < -0.39 is 6.10 Å². The largest absolute Gasteiger partial charge is 0.481 e. The Kier molecular flexibility index (Phi) is 4.99. The van der Waals surface area contributed by atoms with Gasteiger partial charge in [-0.2, -0.15) is 0 Å². The van der Waals surface area contributed by atoms with Crippen molar-refractivity contribution in [3.05, 3.63) is 59.7 Å². The molecule has 0 aliphatic carbocycles. The van der Waals surface area contributed by atoms with Crippen LogP contribution in [0.15, 0.2) is 48.5 Å². The molecular weight excluding hydrogens is 262 g/mol. The van der Waals surface area contributed by atoms with E-state index in [1.54, 1.807) is 6.92 Å². The first-order chi connectivity index (χ1) is 10.1. The third-order valence-corrected chi connectivity index (χ3v) is 3.40. The Morgan fingerprint density at radius 2 is 1.81 bits per heavy atom. The van der Waals surface area contributed by atoms with Crippen molar-refractivity contribution in [2.24, 2.45) is 0 Å². The zero-order valence-electron chi connectivity index (χ0n) is 12.7. The van der Waals surface area contributed by atoms with Gasteiger partial charge in [-0.15, -0.1) is 0 Å². The van der Waals surface area contributed by atoms with E-state index in [1.165, 1.54) is 5.56 Å². The predicted octanol–water partition coefficient (Wildman–Crippen LogP) is 3.96. The lowest BCUT2D eigenvalue weighted by Gasteiger charge is -2.16. The van der Waals surface area contributed by atoms with Crippen LogP contribution in [0.1, 0.15) is 25.0 Å². The molecule has 0 fully saturated rings. The molecule has 2 aromatic rings. The summed E-state index contributed by atoms with van der Waals surface area (Å²) in [6, 6.07) is 15.5. The molecule has 0 heterocycles. The normalized spacial score (nSPS) is 11.8. The molecule has 0 spiro atoms. The summed E-state index contributed by atoms with van der Waals surface area (Å²) >= 11 is 0. The number of carbonyl (C=O) groups is 1. The Hall–Kier alpha value is -2.29. The second kappa shape index (κ2) is 6.93. The lowest BCUT2D eigenvalue weighted by atomic mass is 10.1. The molecule has 0 aliphatic rings. The zero-order chi connectivity index (χ0) is 15.2. The van der Waals surface area contributed by atoms with Gasteiger partial charge in [0.15, 0.2) is 6.10 Å². The number of para-hydroxylation sites is 1. The Bertz CT molecular complexity index is 605. The number of nitrogens with one attached hydrogen (secondary N) is 1. The van der Waals surface area contributed by atoms with Crippen LogP contribution in [-0.4, -0.2) is 12.0 Å². The van der Waals surface area contributed by atoms with Gasteiger partial charge in [-0.3, -0.25) is 4.79 Å². The molecule has 0 unspecified atom stereocenters. The van der Waals surface area contributed by atoms with E-state index in [0.717, 1.165) is 23.4 Å². The topological polar surface area (TPSA) is 38.3 Å². The summed E-state index contributed by atoms with van der Waals surface area (Å²) in [5.74, 6) is 0.587. The number of hydrogen-bond acceptors (Lipinski definition) is 2. The monoisotopic (exact) mass is 283 g/mol. The van der Waals surface area contributed by atoms with Gasteiger partial charge in [-0.05, 0) is 49.6 Å². The average molecular weight is 283 g/mol. The van der Waals surface area contributed by atoms with E-state index in [9.17, 15) is 4.79 Å². The molecule has 1 atom stereocenters. The summed E-state index contributed by atoms with van der Waals surface area (Å²) in [6.07, 6.45) is 0.443. The maximum atomic E-state index is 12.1. The van der Waals surface area contributed by atoms with Crippen molar-refractivity contribution in [3.8, 4) is 5.75 Å². The van der Waals surface area contributed by atoms with E-state index in [0.29, 0.717) is 0 Å². The highest BCUT2D eigenvalue weighted by molar-refractivity contribution is 5.94. The van der Waals surface area contributed by atoms with Crippen molar-refractivity contribution in [1.82, 2.24) is 0 Å². The van der Waals surface area contributed by atoms with Crippen LogP contribution in [0.5, 0.6) is 5.75 Å². The number of benzene rings is 2. The summed E-state index contributed by atoms with van der Waals surface area (Å²) in [6.45, 7) is 5.82. The van der Waals surface area contributed by atoms with Crippen LogP contribution in [0.3, 0.4) is 0 Å². The van der Waals surface area contributed by atoms with Crippen LogP contribution in [-0.2, 0) is 11.2 Å². The third-order valence-electron chi connectivity index (χ3n) is 3.40. The molecule has 0 radical (unpaired) electrons. The average Bonchev–Trinajstić information content (AvgIpc) is 2.50. The number of carbonyl (C=O) groups excluding carboxylic acids is 1. The highest BCUT2D eigenvalue weighted by atomic mass is 16.5. The molecule has 3 nitrogen and oxygen atoms in total. The smallest absolute Gasteiger partial charge is 0.265 e. The molecule has 110 valence electrons. The van der Waals surface area contributed by atoms with Gasteiger partial charge in [-0.1, -0.05) is 37.3 Å². The molecule has 1 N–H and O–H groups in total. The minimum absolute atomic E-state index is 0.150. The maximum Gasteiger partial charge on any atom is 0.265 e. The summed E-state index contributed by atoms with van der Waals surface area (Å²) in [7, 11) is 0. The first-order valence-corrected chi connectivity index (χ1v) is 7.22. The van der Waals surface area contributed by atoms with Crippen molar-refractivity contribution in [2.75, 3.05) is 5.32 Å². The van der Waals surface area contributed by atoms with Crippen LogP contribution in [0, 0.1) is 6.92 Å². The summed E-state index contributed by atoms with van der Waals surface area (Å²) in [5, 5.41) is 2.87. The van der Waals surface area contributed by atoms with Crippen LogP contribution in [0.25, 0.3) is 0 Å². The summed E-state index contributed by atoms with van der Waals surface area (Å²) < 4.78 is 5.71. The van der Waals surface area contributed by atoms with Gasteiger partial charge in [0.25, 0.3) is 5.91 Å². The number of aryl methyl sites for hydroxylation is 2. The standard InChI is InChI=1S/C18H21NO2/c1-4-15-9-11-16(12-10-15)19-18(20)14(3)21-17-8-6-5-7-13(17)2/h5-12,14H,4H2,1-3H3,(H,19,20)/t14-/m0/s1. The first kappa shape index (κ1) is 15.1. The number of amides is 1. The molecule has 0 aromatic heterocycles. The second-order valence-electron chi connectivity index (χ2n) is 5.07. The maximum absolute atomic E-state index is 12.1. The molecular formula is C18H21NO2. The van der Waals surface area contributed by atoms with Crippen LogP contribution < -0.4 is 10.1 Å². The highest BCUT2D eigenvalue weighted by Gasteiger charge is 2.15. The number of anilines is 1. The van der Waals surface area contributed by atoms with E-state index in [-0.39, 0.29) is 5.91 Å². The van der Waals surface area contributed by atoms with Crippen LogP contribution in [0.4, 0.5) is 5.69 Å². The minimum atomic E-state index is -0.544. The van der Waals surface area contributed by atoms with E-state index in [2.05, 4.69) is 12.2 Å². The third kappa shape index (κ3) is 4.09. The quantitative estimate of drug-likeness (QED) is 0.902. The fourth-order valence-electron chi connectivity index (χ4n) is 2.00. The number of ether oxygens (including phenoxy) is 1. The SMILES string of the molecule is CCc1ccc(NC(=O)[C@H](C)Oc2ccccc2C)cc1. The van der Waals surface area contributed by atoms with Gasteiger partial charge in [0.2, 0.25) is 0 Å². The van der Waals surface area contributed by atoms with Crippen molar-refractivity contribution >= 4 is 11.6 Å². The molecule has 0 bridgehead atoms. The van der Waals surface area contributed by atoms with Crippen molar-refractivity contribution in [1.29, 1.82) is 0 Å². The van der Waals surface area contributed by atoms with Crippen molar-refractivity contribution < 1.29 is 9.53 Å². The fraction of sp³-hybridized carbons (Fsp3) is 0.278. The van der Waals surface area contributed by atoms with E-state index in [1.807, 2.05) is 55.5 Å². The molecule has 3 heteroatoms. The highest BCUT2D eigenvalue weighted by Crippen LogP contribution is 2.18. The van der Waals surface area contributed by atoms with E-state index >= 15 is 0 Å². The van der Waals surface area contributed by atoms with Gasteiger partial charge in [0.05, 0.1) is 0 Å². The van der Waals surface area contributed by atoms with Gasteiger partial charge in [-0.25, -0.2) is 0 Å². The van der Waals surface area contributed by atoms with Gasteiger partial charge < -0.3 is 10.1 Å². The van der Waals surface area contributed by atoms with Crippen LogP contribution >= 0.6 is 0 Å². The number of hydrogen-bond donors (Lipinski definition) is 1. The predicted molar refractivity (Wildman–Crippen MR) is 85.7 cm³/mol. The molecule has 1 amide bonds. The second-order valence-corrected chi connectivity index (χ2v) is 5.07. The number of rotatable bonds is 5. The molecule has 0 aliphatic heterocycles. The lowest BCUT2D eigenvalue weighted by Crippen LogP contribution is -2.30. The molecule has 0 saturated heterocycles. The Morgan fingerprint density at radius 3 is 2.43 bits per heavy atom. The summed E-state index contributed by atoms with van der Waals surface area (Å²) in [5.41, 5.74) is 3.05. The molecule has 2 rings (SSSR count). The van der Waals surface area contributed by atoms with Crippen LogP contribution in [0.2, 0.25) is 0 Å². The van der Waals surface area contributed by atoms with Crippen molar-refractivity contribution in [2.45, 2.75) is 33.3 Å². The lowest BCUT2D eigenvalue weighted by molar-refractivity contribution is -0.122. The Labute approximate surface area is 126 Å². The van der Waals surface area contributed by atoms with E-state index in [4.69, 9.17) is 4.74 Å². The Balaban J connectivity index is 1.97. The van der Waals surface area contributed by atoms with Crippen molar-refractivity contribution in [3.63, 3.8) is 0 Å². The molecule has 2 aromatic carbocycles.